The van der Waals surface area contributed by atoms with Crippen LogP contribution in [-0.2, 0) is 28.5 Å². The Morgan fingerprint density at radius 2 is 1.74 bits per heavy atom. The molecule has 7 atom stereocenters. The first-order chi connectivity index (χ1) is 20.6. The van der Waals surface area contributed by atoms with E-state index in [2.05, 4.69) is 23.2 Å². The Balaban J connectivity index is 1.12. The number of carbonyl (C=O) groups is 2. The Morgan fingerprint density at radius 1 is 1.07 bits per heavy atom. The minimum Gasteiger partial charge on any atom is -0.459 e. The highest BCUT2D eigenvalue weighted by Crippen LogP contribution is 2.37. The molecule has 0 spiro atoms. The number of piperidine rings is 1. The molecule has 0 aromatic heterocycles. The molecule has 4 heterocycles. The predicted octanol–water partition coefficient (Wildman–Crippen LogP) is 3.09. The van der Waals surface area contributed by atoms with E-state index in [0.29, 0.717) is 19.5 Å². The summed E-state index contributed by atoms with van der Waals surface area (Å²) >= 11 is 0. The first-order valence-corrected chi connectivity index (χ1v) is 16.6. The molecule has 4 aliphatic rings. The summed E-state index contributed by atoms with van der Waals surface area (Å²) in [5.41, 5.74) is 0. The van der Waals surface area contributed by atoms with Gasteiger partial charge in [-0.3, -0.25) is 9.59 Å². The molecule has 11 heteroatoms. The minimum atomic E-state index is -0.760. The smallest absolute Gasteiger partial charge is 0.306 e. The van der Waals surface area contributed by atoms with Gasteiger partial charge in [-0.2, -0.15) is 5.26 Å². The number of aliphatic hydroxyl groups is 1. The van der Waals surface area contributed by atoms with Crippen LogP contribution >= 0.6 is 0 Å². The molecule has 4 saturated heterocycles. The number of unbranched alkanes of at least 4 members (excludes halogenated alkanes) is 7. The summed E-state index contributed by atoms with van der Waals surface area (Å²) < 4.78 is 23.2. The number of hydrogen-bond acceptors (Lipinski definition) is 10. The van der Waals surface area contributed by atoms with Gasteiger partial charge in [0.15, 0.2) is 18.1 Å². The standard InChI is InChI=1S/C32H54N4O7/c1-5-6-7-8-9-10-11-12-13-27(38)41-29-22(2)20-36(24(29)18-33)26(37)19-34-23-14-16-35(17-15-23)21-25-28(39)30-31(40-25)43-32(3,4)42-30/h22-25,28-31,34,39H,5-17,19-21H2,1-4H3/t22?,24-,25-,28+,29?,30-,31-/m1/s1. The Hall–Kier alpha value is -1.81. The zero-order chi connectivity index (χ0) is 31.0. The van der Waals surface area contributed by atoms with Crippen molar-refractivity contribution in [1.29, 1.82) is 5.26 Å². The number of nitriles is 1. The number of nitrogens with one attached hydrogen (secondary N) is 1. The van der Waals surface area contributed by atoms with Gasteiger partial charge in [0.05, 0.1) is 12.6 Å². The molecule has 0 aromatic carbocycles. The largest absolute Gasteiger partial charge is 0.459 e. The first-order valence-electron chi connectivity index (χ1n) is 16.6. The number of likely N-dealkylation sites (tertiary alicyclic amines) is 2. The van der Waals surface area contributed by atoms with E-state index in [1.165, 1.54) is 32.1 Å². The molecule has 2 N–H and O–H groups in total. The van der Waals surface area contributed by atoms with Gasteiger partial charge in [-0.1, -0.05) is 58.8 Å². The van der Waals surface area contributed by atoms with Gasteiger partial charge >= 0.3 is 5.97 Å². The van der Waals surface area contributed by atoms with Crippen LogP contribution in [0.4, 0.5) is 0 Å². The third-order valence-corrected chi connectivity index (χ3v) is 9.33. The second-order valence-corrected chi connectivity index (χ2v) is 13.4. The molecule has 244 valence electrons. The van der Waals surface area contributed by atoms with Gasteiger partial charge in [-0.05, 0) is 46.2 Å². The number of carbonyl (C=O) groups excluding carboxylic acids is 2. The molecule has 4 rings (SSSR count). The first kappa shape index (κ1) is 34.1. The van der Waals surface area contributed by atoms with Crippen LogP contribution in [0.1, 0.15) is 98.3 Å². The summed E-state index contributed by atoms with van der Waals surface area (Å²) in [6.07, 6.45) is 8.62. The second kappa shape index (κ2) is 16.0. The highest BCUT2D eigenvalue weighted by molar-refractivity contribution is 5.79. The molecular formula is C32H54N4O7. The summed E-state index contributed by atoms with van der Waals surface area (Å²) in [4.78, 5) is 29.5. The van der Waals surface area contributed by atoms with E-state index in [1.807, 2.05) is 20.8 Å². The third-order valence-electron chi connectivity index (χ3n) is 9.33. The molecule has 0 radical (unpaired) electrons. The Morgan fingerprint density at radius 3 is 2.40 bits per heavy atom. The summed E-state index contributed by atoms with van der Waals surface area (Å²) in [7, 11) is 0. The van der Waals surface area contributed by atoms with Gasteiger partial charge in [-0.15, -0.1) is 0 Å². The lowest BCUT2D eigenvalue weighted by atomic mass is 10.0. The number of amides is 1. The van der Waals surface area contributed by atoms with Gasteiger partial charge in [0, 0.05) is 31.5 Å². The molecule has 0 saturated carbocycles. The van der Waals surface area contributed by atoms with Crippen molar-refractivity contribution in [2.24, 2.45) is 5.92 Å². The van der Waals surface area contributed by atoms with Gasteiger partial charge in [-0.25, -0.2) is 0 Å². The number of fused-ring (bicyclic) bond motifs is 1. The number of rotatable bonds is 15. The summed E-state index contributed by atoms with van der Waals surface area (Å²) in [6, 6.07) is 1.65. The van der Waals surface area contributed by atoms with Crippen LogP contribution in [0, 0.1) is 17.2 Å². The lowest BCUT2D eigenvalue weighted by Gasteiger charge is -2.35. The lowest BCUT2D eigenvalue weighted by molar-refractivity contribution is -0.216. The summed E-state index contributed by atoms with van der Waals surface area (Å²) in [5, 5.41) is 23.9. The fourth-order valence-corrected chi connectivity index (χ4v) is 6.83. The van der Waals surface area contributed by atoms with Crippen LogP contribution in [0.3, 0.4) is 0 Å². The van der Waals surface area contributed by atoms with Crippen molar-refractivity contribution in [2.45, 2.75) is 147 Å². The molecule has 1 amide bonds. The van der Waals surface area contributed by atoms with Gasteiger partial charge in [0.1, 0.15) is 24.4 Å². The van der Waals surface area contributed by atoms with Crippen molar-refractivity contribution in [2.75, 3.05) is 32.7 Å². The van der Waals surface area contributed by atoms with E-state index in [0.717, 1.165) is 45.2 Å². The number of esters is 1. The van der Waals surface area contributed by atoms with E-state index in [-0.39, 0.29) is 36.5 Å². The fourth-order valence-electron chi connectivity index (χ4n) is 6.83. The lowest BCUT2D eigenvalue weighted by Crippen LogP contribution is -2.50. The zero-order valence-corrected chi connectivity index (χ0v) is 26.7. The third kappa shape index (κ3) is 9.35. The Kier molecular flexibility index (Phi) is 12.6. The van der Waals surface area contributed by atoms with Crippen molar-refractivity contribution in [1.82, 2.24) is 15.1 Å². The van der Waals surface area contributed by atoms with Crippen LogP contribution in [0.5, 0.6) is 0 Å². The van der Waals surface area contributed by atoms with Crippen molar-refractivity contribution in [3.05, 3.63) is 0 Å². The Bertz CT molecular complexity index is 950. The van der Waals surface area contributed by atoms with Crippen molar-refractivity contribution < 1.29 is 33.6 Å². The van der Waals surface area contributed by atoms with Crippen LogP contribution < -0.4 is 5.32 Å². The minimum absolute atomic E-state index is 0.0890. The highest BCUT2D eigenvalue weighted by Gasteiger charge is 2.54. The van der Waals surface area contributed by atoms with Gasteiger partial charge in [0.2, 0.25) is 5.91 Å². The molecule has 0 aromatic rings. The fraction of sp³-hybridized carbons (Fsp3) is 0.906. The molecular weight excluding hydrogens is 552 g/mol. The maximum absolute atomic E-state index is 13.1. The normalized spacial score (nSPS) is 32.6. The van der Waals surface area contributed by atoms with Gasteiger partial charge < -0.3 is 39.2 Å². The molecule has 0 bridgehead atoms. The second-order valence-electron chi connectivity index (χ2n) is 13.4. The van der Waals surface area contributed by atoms with Crippen LogP contribution in [-0.4, -0.2) is 108 Å². The monoisotopic (exact) mass is 606 g/mol. The topological polar surface area (TPSA) is 134 Å². The van der Waals surface area contributed by atoms with Crippen LogP contribution in [0.2, 0.25) is 0 Å². The van der Waals surface area contributed by atoms with Crippen molar-refractivity contribution in [3.8, 4) is 6.07 Å². The van der Waals surface area contributed by atoms with Crippen LogP contribution in [0.25, 0.3) is 0 Å². The van der Waals surface area contributed by atoms with Crippen molar-refractivity contribution in [3.63, 3.8) is 0 Å². The average molecular weight is 607 g/mol. The van der Waals surface area contributed by atoms with E-state index in [9.17, 15) is 20.0 Å². The van der Waals surface area contributed by atoms with E-state index in [4.69, 9.17) is 18.9 Å². The molecule has 4 fully saturated rings. The predicted molar refractivity (Wildman–Crippen MR) is 160 cm³/mol. The highest BCUT2D eigenvalue weighted by atomic mass is 16.8. The maximum Gasteiger partial charge on any atom is 0.306 e. The molecule has 43 heavy (non-hydrogen) atoms. The maximum atomic E-state index is 13.1. The molecule has 0 aliphatic carbocycles. The molecule has 2 unspecified atom stereocenters. The van der Waals surface area contributed by atoms with E-state index < -0.39 is 36.4 Å². The van der Waals surface area contributed by atoms with Gasteiger partial charge in [0.25, 0.3) is 0 Å². The Labute approximate surface area is 257 Å². The number of hydrogen-bond donors (Lipinski definition) is 2. The van der Waals surface area contributed by atoms with Crippen LogP contribution in [0.15, 0.2) is 0 Å². The number of ether oxygens (including phenoxy) is 4. The average Bonchev–Trinajstić information content (AvgIpc) is 3.56. The summed E-state index contributed by atoms with van der Waals surface area (Å²) in [6.45, 7) is 10.6. The quantitative estimate of drug-likeness (QED) is 0.212. The van der Waals surface area contributed by atoms with Crippen molar-refractivity contribution >= 4 is 11.9 Å². The molecule has 4 aliphatic heterocycles. The van der Waals surface area contributed by atoms with E-state index in [1.54, 1.807) is 4.90 Å². The van der Waals surface area contributed by atoms with E-state index >= 15 is 0 Å². The number of nitrogens with zero attached hydrogens (tertiary/aromatic N) is 3. The molecule has 11 nitrogen and oxygen atoms in total. The SMILES string of the molecule is CCCCCCCCCCC(=O)OC1C(C)CN(C(=O)CNC2CCN(C[C@H]3O[C@@H]4OC(C)(C)O[C@@H]4[C@H]3O)CC2)[C@@H]1C#N. The zero-order valence-electron chi connectivity index (χ0n) is 26.7. The number of aliphatic hydroxyl groups excluding tert-OH is 1. The summed E-state index contributed by atoms with van der Waals surface area (Å²) in [5.74, 6) is -1.25.